The fraction of sp³-hybridized carbons (Fsp3) is 0.464. The Morgan fingerprint density at radius 3 is 2.36 bits per heavy atom. The van der Waals surface area contributed by atoms with Gasteiger partial charge >= 0.3 is 5.97 Å². The van der Waals surface area contributed by atoms with Gasteiger partial charge in [0, 0.05) is 24.2 Å². The van der Waals surface area contributed by atoms with Crippen molar-refractivity contribution >= 4 is 17.8 Å². The number of aromatic carboxylic acids is 1. The van der Waals surface area contributed by atoms with Gasteiger partial charge in [-0.1, -0.05) is 32.9 Å². The van der Waals surface area contributed by atoms with Crippen molar-refractivity contribution in [3.05, 3.63) is 53.3 Å². The highest BCUT2D eigenvalue weighted by atomic mass is 19.1. The summed E-state index contributed by atoms with van der Waals surface area (Å²) in [6, 6.07) is 8.05. The number of rotatable bonds is 7. The monoisotopic (exact) mass is 496 g/mol. The van der Waals surface area contributed by atoms with Crippen molar-refractivity contribution < 1.29 is 28.6 Å². The molecule has 192 valence electrons. The van der Waals surface area contributed by atoms with E-state index in [9.17, 15) is 18.8 Å². The number of carbonyl (C=O) groups is 3. The van der Waals surface area contributed by atoms with Gasteiger partial charge in [0.2, 0.25) is 5.91 Å². The van der Waals surface area contributed by atoms with Crippen LogP contribution >= 0.6 is 0 Å². The lowest BCUT2D eigenvalue weighted by Crippen LogP contribution is -2.50. The van der Waals surface area contributed by atoms with Crippen LogP contribution in [0.2, 0.25) is 0 Å². The topological polar surface area (TPSA) is 105 Å². The number of carbonyl (C=O) groups excluding carboxylic acids is 2. The van der Waals surface area contributed by atoms with Gasteiger partial charge in [-0.05, 0) is 60.3 Å². The lowest BCUT2D eigenvalue weighted by atomic mass is 9.83. The Balaban J connectivity index is 1.59. The summed E-state index contributed by atoms with van der Waals surface area (Å²) < 4.78 is 20.2. The fourth-order valence-electron chi connectivity index (χ4n) is 5.49. The van der Waals surface area contributed by atoms with Crippen molar-refractivity contribution in [2.75, 3.05) is 13.7 Å². The first-order valence-electron chi connectivity index (χ1n) is 12.3. The van der Waals surface area contributed by atoms with Gasteiger partial charge in [0.25, 0.3) is 5.91 Å². The molecule has 0 aromatic heterocycles. The van der Waals surface area contributed by atoms with Crippen LogP contribution in [-0.2, 0) is 4.79 Å². The van der Waals surface area contributed by atoms with Gasteiger partial charge in [-0.15, -0.1) is 0 Å². The van der Waals surface area contributed by atoms with Crippen molar-refractivity contribution in [1.82, 2.24) is 10.6 Å². The second-order valence-corrected chi connectivity index (χ2v) is 11.1. The molecule has 2 amide bonds. The minimum Gasteiger partial charge on any atom is -0.496 e. The number of ether oxygens (including phenoxy) is 1. The number of benzene rings is 2. The van der Waals surface area contributed by atoms with E-state index in [4.69, 9.17) is 9.84 Å². The summed E-state index contributed by atoms with van der Waals surface area (Å²) in [5, 5.41) is 15.3. The van der Waals surface area contributed by atoms with Gasteiger partial charge in [-0.2, -0.15) is 0 Å². The van der Waals surface area contributed by atoms with E-state index >= 15 is 0 Å². The molecule has 0 aliphatic heterocycles. The van der Waals surface area contributed by atoms with Crippen LogP contribution in [0.1, 0.15) is 60.7 Å². The van der Waals surface area contributed by atoms with Gasteiger partial charge in [0.05, 0.1) is 24.2 Å². The van der Waals surface area contributed by atoms with E-state index in [1.807, 2.05) is 0 Å². The molecule has 0 spiro atoms. The number of fused-ring (bicyclic) bond motifs is 2. The fourth-order valence-corrected chi connectivity index (χ4v) is 5.49. The molecule has 4 atom stereocenters. The van der Waals surface area contributed by atoms with E-state index < -0.39 is 17.7 Å². The molecule has 2 aliphatic carbocycles. The number of halogens is 1. The first kappa shape index (κ1) is 25.7. The van der Waals surface area contributed by atoms with Crippen LogP contribution in [0.5, 0.6) is 5.75 Å². The smallest absolute Gasteiger partial charge is 0.335 e. The van der Waals surface area contributed by atoms with E-state index in [1.54, 1.807) is 0 Å². The molecule has 4 unspecified atom stereocenters. The van der Waals surface area contributed by atoms with Crippen molar-refractivity contribution in [2.45, 2.75) is 46.1 Å². The normalized spacial score (nSPS) is 22.8. The van der Waals surface area contributed by atoms with Crippen LogP contribution in [0, 0.1) is 29.0 Å². The number of amides is 2. The number of methoxy groups -OCH3 is 1. The molecule has 8 heteroatoms. The molecule has 2 bridgehead atoms. The zero-order chi connectivity index (χ0) is 26.2. The van der Waals surface area contributed by atoms with Gasteiger partial charge < -0.3 is 20.5 Å². The van der Waals surface area contributed by atoms with Crippen molar-refractivity contribution in [1.29, 1.82) is 0 Å². The van der Waals surface area contributed by atoms with Crippen LogP contribution < -0.4 is 15.4 Å². The first-order valence-corrected chi connectivity index (χ1v) is 12.3. The Bertz CT molecular complexity index is 1170. The molecule has 0 heterocycles. The number of carboxylic acid groups (broad SMARTS) is 1. The lowest BCUT2D eigenvalue weighted by molar-refractivity contribution is -0.127. The van der Waals surface area contributed by atoms with Gasteiger partial charge in [0.15, 0.2) is 0 Å². The SMILES string of the molecule is COc1cc(F)c(-c2ccc(C(=O)O)cc2)cc1C(=O)NC1C2CCC(C2)C1C(=O)NCC(C)(C)C. The molecule has 2 aromatic carbocycles. The predicted molar refractivity (Wildman–Crippen MR) is 133 cm³/mol. The van der Waals surface area contributed by atoms with Gasteiger partial charge in [0.1, 0.15) is 11.6 Å². The summed E-state index contributed by atoms with van der Waals surface area (Å²) in [5.41, 5.74) is 0.788. The van der Waals surface area contributed by atoms with Crippen LogP contribution in [0.3, 0.4) is 0 Å². The minimum absolute atomic E-state index is 0.0345. The summed E-state index contributed by atoms with van der Waals surface area (Å²) in [6.45, 7) is 6.72. The van der Waals surface area contributed by atoms with Crippen LogP contribution in [0.4, 0.5) is 4.39 Å². The highest BCUT2D eigenvalue weighted by Crippen LogP contribution is 2.49. The highest BCUT2D eigenvalue weighted by molar-refractivity contribution is 5.99. The summed E-state index contributed by atoms with van der Waals surface area (Å²) in [6.07, 6.45) is 2.83. The third-order valence-corrected chi connectivity index (χ3v) is 7.29. The van der Waals surface area contributed by atoms with Crippen molar-refractivity contribution in [3.8, 4) is 16.9 Å². The van der Waals surface area contributed by atoms with Gasteiger partial charge in [-0.3, -0.25) is 9.59 Å². The molecule has 2 aliphatic rings. The quantitative estimate of drug-likeness (QED) is 0.523. The molecule has 36 heavy (non-hydrogen) atoms. The van der Waals surface area contributed by atoms with E-state index in [0.717, 1.165) is 25.3 Å². The molecule has 4 rings (SSSR count). The Morgan fingerprint density at radius 2 is 1.75 bits per heavy atom. The standard InChI is InChI=1S/C28H33FN2O5/c1-28(2,3)14-30-26(33)23-17-9-10-18(11-17)24(23)31-25(32)20-12-19(21(29)13-22(20)36-4)15-5-7-16(8-6-15)27(34)35/h5-8,12-13,17-18,23-24H,9-11,14H2,1-4H3,(H,30,33)(H,31,32)(H,34,35). The molecule has 2 saturated carbocycles. The number of hydrogen-bond acceptors (Lipinski definition) is 4. The molecule has 2 fully saturated rings. The number of nitrogens with one attached hydrogen (secondary N) is 2. The van der Waals surface area contributed by atoms with Crippen LogP contribution in [0.25, 0.3) is 11.1 Å². The summed E-state index contributed by atoms with van der Waals surface area (Å²) in [4.78, 5) is 37.7. The zero-order valence-corrected chi connectivity index (χ0v) is 21.1. The summed E-state index contributed by atoms with van der Waals surface area (Å²) in [5.74, 6) is -1.89. The van der Waals surface area contributed by atoms with E-state index in [-0.39, 0.29) is 57.6 Å². The maximum Gasteiger partial charge on any atom is 0.335 e. The average Bonchev–Trinajstić information content (AvgIpc) is 3.43. The second-order valence-electron chi connectivity index (χ2n) is 11.1. The third kappa shape index (κ3) is 5.22. The number of hydrogen-bond donors (Lipinski definition) is 3. The summed E-state index contributed by atoms with van der Waals surface area (Å²) in [7, 11) is 1.37. The predicted octanol–water partition coefficient (Wildman–Crippen LogP) is 4.51. The molecular weight excluding hydrogens is 463 g/mol. The average molecular weight is 497 g/mol. The molecule has 0 radical (unpaired) electrons. The number of carboxylic acids is 1. The molecule has 7 nitrogen and oxygen atoms in total. The van der Waals surface area contributed by atoms with Crippen LogP contribution in [0.15, 0.2) is 36.4 Å². The van der Waals surface area contributed by atoms with E-state index in [0.29, 0.717) is 12.1 Å². The maximum absolute atomic E-state index is 14.9. The molecule has 3 N–H and O–H groups in total. The molecule has 0 saturated heterocycles. The highest BCUT2D eigenvalue weighted by Gasteiger charge is 2.51. The third-order valence-electron chi connectivity index (χ3n) is 7.29. The minimum atomic E-state index is -1.08. The molecule has 2 aromatic rings. The maximum atomic E-state index is 14.9. The summed E-state index contributed by atoms with van der Waals surface area (Å²) >= 11 is 0. The Kier molecular flexibility index (Phi) is 7.07. The Hall–Kier alpha value is -3.42. The van der Waals surface area contributed by atoms with Gasteiger partial charge in [-0.25, -0.2) is 9.18 Å². The van der Waals surface area contributed by atoms with E-state index in [2.05, 4.69) is 31.4 Å². The van der Waals surface area contributed by atoms with Crippen LogP contribution in [-0.4, -0.2) is 42.6 Å². The largest absolute Gasteiger partial charge is 0.496 e. The Labute approximate surface area is 210 Å². The Morgan fingerprint density at radius 1 is 1.08 bits per heavy atom. The zero-order valence-electron chi connectivity index (χ0n) is 21.1. The second kappa shape index (κ2) is 9.91. The first-order chi connectivity index (χ1) is 17.0. The lowest BCUT2D eigenvalue weighted by Gasteiger charge is -2.32. The van der Waals surface area contributed by atoms with Crippen molar-refractivity contribution in [3.63, 3.8) is 0 Å². The molecular formula is C28H33FN2O5. The van der Waals surface area contributed by atoms with E-state index in [1.165, 1.54) is 37.4 Å². The van der Waals surface area contributed by atoms with Crippen molar-refractivity contribution in [2.24, 2.45) is 23.2 Å².